The minimum atomic E-state index is -0.397. The quantitative estimate of drug-likeness (QED) is 0.338. The zero-order valence-electron chi connectivity index (χ0n) is 10.7. The third kappa shape index (κ3) is 4.38. The maximum absolute atomic E-state index is 5.77. The molecule has 0 amide bonds. The molecular formula is C12H21NO3Si. The molecule has 4 nitrogen and oxygen atoms in total. The van der Waals surface area contributed by atoms with Crippen molar-refractivity contribution in [1.29, 1.82) is 0 Å². The lowest BCUT2D eigenvalue weighted by Crippen LogP contribution is -2.34. The first-order chi connectivity index (χ1) is 8.11. The Morgan fingerprint density at radius 1 is 1.24 bits per heavy atom. The Morgan fingerprint density at radius 2 is 1.88 bits per heavy atom. The predicted octanol–water partition coefficient (Wildman–Crippen LogP) is 0.740. The second-order valence-corrected chi connectivity index (χ2v) is 5.56. The van der Waals surface area contributed by atoms with Crippen molar-refractivity contribution in [2.45, 2.75) is 18.3 Å². The lowest BCUT2D eigenvalue weighted by Gasteiger charge is -2.26. The summed E-state index contributed by atoms with van der Waals surface area (Å²) in [6, 6.07) is 7.50. The maximum Gasteiger partial charge on any atom is 0.142 e. The highest BCUT2D eigenvalue weighted by Gasteiger charge is 2.21. The number of hydrogen-bond donors (Lipinski definition) is 1. The highest BCUT2D eigenvalue weighted by molar-refractivity contribution is 6.13. The Hall–Kier alpha value is -1.04. The van der Waals surface area contributed by atoms with Crippen LogP contribution in [0.1, 0.15) is 12.8 Å². The SMILES string of the molecule is COC([SiH3])(CCCOc1ccccc1N)OC. The molecule has 0 unspecified atom stereocenters. The highest BCUT2D eigenvalue weighted by Crippen LogP contribution is 2.20. The molecule has 0 atom stereocenters. The summed E-state index contributed by atoms with van der Waals surface area (Å²) < 4.78 is 16.2. The van der Waals surface area contributed by atoms with Gasteiger partial charge in [-0.2, -0.15) is 0 Å². The van der Waals surface area contributed by atoms with Crippen LogP contribution in [-0.4, -0.2) is 36.5 Å². The molecule has 17 heavy (non-hydrogen) atoms. The number of benzene rings is 1. The summed E-state index contributed by atoms with van der Waals surface area (Å²) >= 11 is 0. The first-order valence-corrected chi connectivity index (χ1v) is 6.69. The highest BCUT2D eigenvalue weighted by atomic mass is 28.1. The minimum Gasteiger partial charge on any atom is -0.491 e. The lowest BCUT2D eigenvalue weighted by atomic mass is 10.3. The fourth-order valence-electron chi connectivity index (χ4n) is 1.47. The minimum absolute atomic E-state index is 0.397. The van der Waals surface area contributed by atoms with E-state index < -0.39 is 5.41 Å². The number of ether oxygens (including phenoxy) is 3. The molecule has 1 rings (SSSR count). The van der Waals surface area contributed by atoms with Crippen LogP contribution in [0.2, 0.25) is 0 Å². The van der Waals surface area contributed by atoms with Crippen LogP contribution in [0.3, 0.4) is 0 Å². The van der Waals surface area contributed by atoms with Crippen LogP contribution in [0.15, 0.2) is 24.3 Å². The molecule has 0 aliphatic heterocycles. The van der Waals surface area contributed by atoms with Crippen molar-refractivity contribution in [2.75, 3.05) is 26.6 Å². The van der Waals surface area contributed by atoms with Crippen LogP contribution in [-0.2, 0) is 9.47 Å². The second-order valence-electron chi connectivity index (χ2n) is 4.03. The van der Waals surface area contributed by atoms with Gasteiger partial charge in [0.05, 0.1) is 22.5 Å². The molecule has 0 saturated carbocycles. The molecule has 0 bridgehead atoms. The average Bonchev–Trinajstić information content (AvgIpc) is 2.36. The first kappa shape index (κ1) is 14.0. The molecule has 5 heteroatoms. The van der Waals surface area contributed by atoms with Gasteiger partial charge in [-0.25, -0.2) is 0 Å². The third-order valence-corrected chi connectivity index (χ3v) is 4.13. The molecule has 0 aromatic heterocycles. The summed E-state index contributed by atoms with van der Waals surface area (Å²) in [5, 5.41) is 0. The van der Waals surface area contributed by atoms with Gasteiger partial charge in [-0.3, -0.25) is 0 Å². The summed E-state index contributed by atoms with van der Waals surface area (Å²) in [6.07, 6.45) is 1.71. The molecule has 0 aliphatic rings. The van der Waals surface area contributed by atoms with E-state index in [-0.39, 0.29) is 0 Å². The van der Waals surface area contributed by atoms with Gasteiger partial charge in [-0.1, -0.05) is 12.1 Å². The third-order valence-electron chi connectivity index (χ3n) is 2.82. The van der Waals surface area contributed by atoms with E-state index in [9.17, 15) is 0 Å². The fraction of sp³-hybridized carbons (Fsp3) is 0.500. The van der Waals surface area contributed by atoms with Crippen molar-refractivity contribution in [1.82, 2.24) is 0 Å². The van der Waals surface area contributed by atoms with Gasteiger partial charge in [0.2, 0.25) is 0 Å². The summed E-state index contributed by atoms with van der Waals surface area (Å²) in [6.45, 7) is 0.616. The van der Waals surface area contributed by atoms with Crippen LogP contribution < -0.4 is 10.5 Å². The van der Waals surface area contributed by atoms with Gasteiger partial charge in [0, 0.05) is 14.2 Å². The summed E-state index contributed by atoms with van der Waals surface area (Å²) in [4.78, 5) is 0. The van der Waals surface area contributed by atoms with Crippen LogP contribution >= 0.6 is 0 Å². The Kier molecular flexibility index (Phi) is 5.47. The van der Waals surface area contributed by atoms with Gasteiger partial charge in [-0.15, -0.1) is 0 Å². The fourth-order valence-corrected chi connectivity index (χ4v) is 1.83. The molecule has 0 fully saturated rings. The number of nitrogens with two attached hydrogens (primary N) is 1. The number of anilines is 1. The van der Waals surface area contributed by atoms with E-state index in [4.69, 9.17) is 19.9 Å². The average molecular weight is 255 g/mol. The molecule has 0 aliphatic carbocycles. The molecule has 0 spiro atoms. The molecule has 2 N–H and O–H groups in total. The standard InChI is InChI=1S/C12H21NO3Si/c1-14-12(17,15-2)8-5-9-16-11-7-4-3-6-10(11)13/h3-4,6-7H,5,8-9,13H2,1-2,17H3. The topological polar surface area (TPSA) is 53.7 Å². The Balaban J connectivity index is 2.32. The molecule has 0 heterocycles. The maximum atomic E-state index is 5.77. The summed E-state index contributed by atoms with van der Waals surface area (Å²) in [5.74, 6) is 0.737. The Bertz CT molecular complexity index is 342. The van der Waals surface area contributed by atoms with Crippen molar-refractivity contribution in [2.24, 2.45) is 0 Å². The monoisotopic (exact) mass is 255 g/mol. The molecule has 0 radical (unpaired) electrons. The van der Waals surface area contributed by atoms with Crippen LogP contribution in [0, 0.1) is 0 Å². The second kappa shape index (κ2) is 6.63. The van der Waals surface area contributed by atoms with Crippen molar-refractivity contribution < 1.29 is 14.2 Å². The Labute approximate surface area is 105 Å². The van der Waals surface area contributed by atoms with E-state index in [1.165, 1.54) is 0 Å². The number of rotatable bonds is 7. The molecule has 1 aromatic carbocycles. The normalized spacial score (nSPS) is 11.6. The number of methoxy groups -OCH3 is 2. The zero-order valence-corrected chi connectivity index (χ0v) is 12.7. The van der Waals surface area contributed by atoms with Crippen molar-refractivity contribution in [3.05, 3.63) is 24.3 Å². The van der Waals surface area contributed by atoms with Crippen molar-refractivity contribution in [3.8, 4) is 5.75 Å². The summed E-state index contributed by atoms with van der Waals surface area (Å²) in [5.41, 5.74) is 6.05. The van der Waals surface area contributed by atoms with Crippen LogP contribution in [0.25, 0.3) is 0 Å². The lowest BCUT2D eigenvalue weighted by molar-refractivity contribution is -0.147. The van der Waals surface area contributed by atoms with Gasteiger partial charge in [-0.05, 0) is 25.0 Å². The van der Waals surface area contributed by atoms with E-state index in [1.807, 2.05) is 24.3 Å². The van der Waals surface area contributed by atoms with Gasteiger partial charge in [0.15, 0.2) is 0 Å². The van der Waals surface area contributed by atoms with E-state index in [0.717, 1.165) is 28.8 Å². The van der Waals surface area contributed by atoms with Gasteiger partial charge >= 0.3 is 0 Å². The zero-order chi connectivity index (χ0) is 12.7. The van der Waals surface area contributed by atoms with Crippen LogP contribution in [0.5, 0.6) is 5.75 Å². The molecule has 0 saturated heterocycles. The predicted molar refractivity (Wildman–Crippen MR) is 72.3 cm³/mol. The van der Waals surface area contributed by atoms with Crippen LogP contribution in [0.4, 0.5) is 5.69 Å². The number of nitrogen functional groups attached to an aromatic ring is 1. The summed E-state index contributed by atoms with van der Waals surface area (Å²) in [7, 11) is 4.18. The van der Waals surface area contributed by atoms with Gasteiger partial charge < -0.3 is 19.9 Å². The molecular weight excluding hydrogens is 234 g/mol. The van der Waals surface area contributed by atoms with Gasteiger partial charge in [0.25, 0.3) is 0 Å². The van der Waals surface area contributed by atoms with Crippen molar-refractivity contribution >= 4 is 15.9 Å². The van der Waals surface area contributed by atoms with E-state index in [2.05, 4.69) is 0 Å². The van der Waals surface area contributed by atoms with Crippen molar-refractivity contribution in [3.63, 3.8) is 0 Å². The van der Waals surface area contributed by atoms with E-state index >= 15 is 0 Å². The Morgan fingerprint density at radius 3 is 2.47 bits per heavy atom. The largest absolute Gasteiger partial charge is 0.491 e. The first-order valence-electron chi connectivity index (χ1n) is 5.69. The number of para-hydroxylation sites is 2. The molecule has 1 aromatic rings. The van der Waals surface area contributed by atoms with E-state index in [0.29, 0.717) is 12.3 Å². The van der Waals surface area contributed by atoms with E-state index in [1.54, 1.807) is 14.2 Å². The molecule has 96 valence electrons. The van der Waals surface area contributed by atoms with Gasteiger partial charge in [0.1, 0.15) is 11.2 Å². The smallest absolute Gasteiger partial charge is 0.142 e. The number of hydrogen-bond acceptors (Lipinski definition) is 4.